The molecule has 23 heavy (non-hydrogen) atoms. The molecule has 0 aliphatic carbocycles. The van der Waals surface area contributed by atoms with Crippen molar-refractivity contribution in [3.8, 4) is 11.4 Å². The van der Waals surface area contributed by atoms with Gasteiger partial charge in [0.1, 0.15) is 0 Å². The number of amides is 1. The number of aromatic nitrogens is 2. The van der Waals surface area contributed by atoms with E-state index in [9.17, 15) is 18.0 Å². The first-order chi connectivity index (χ1) is 10.4. The smallest absolute Gasteiger partial charge is 0.329 e. The zero-order chi connectivity index (χ0) is 16.2. The highest BCUT2D eigenvalue weighted by atomic mass is 35.5. The number of halogens is 4. The molecule has 0 spiro atoms. The van der Waals surface area contributed by atoms with E-state index in [2.05, 4.69) is 25.5 Å². The van der Waals surface area contributed by atoms with Crippen LogP contribution in [0.4, 0.5) is 13.2 Å². The van der Waals surface area contributed by atoms with Crippen LogP contribution in [0, 0.1) is 0 Å². The Kier molecular flexibility index (Phi) is 6.52. The van der Waals surface area contributed by atoms with Crippen molar-refractivity contribution >= 4 is 18.3 Å². The monoisotopic (exact) mass is 350 g/mol. The van der Waals surface area contributed by atoms with Crippen molar-refractivity contribution in [3.63, 3.8) is 0 Å². The van der Waals surface area contributed by atoms with E-state index in [-0.39, 0.29) is 24.1 Å². The molecule has 1 amide bonds. The molecule has 6 nitrogen and oxygen atoms in total. The van der Waals surface area contributed by atoms with Crippen LogP contribution < -0.4 is 10.9 Å². The van der Waals surface area contributed by atoms with Crippen LogP contribution in [0.2, 0.25) is 0 Å². The molecule has 1 aromatic heterocycles. The summed E-state index contributed by atoms with van der Waals surface area (Å²) in [5.41, 5.74) is 5.90. The molecule has 2 rings (SSSR count). The molecule has 2 N–H and O–H groups in total. The summed E-state index contributed by atoms with van der Waals surface area (Å²) >= 11 is 0. The third kappa shape index (κ3) is 4.93. The van der Waals surface area contributed by atoms with E-state index in [4.69, 9.17) is 0 Å². The van der Waals surface area contributed by atoms with Crippen molar-refractivity contribution in [3.05, 3.63) is 35.7 Å². The number of alkyl halides is 3. The molecule has 0 radical (unpaired) electrons. The summed E-state index contributed by atoms with van der Waals surface area (Å²) in [5, 5.41) is 3.27. The average molecular weight is 351 g/mol. The third-order valence-corrected chi connectivity index (χ3v) is 2.65. The van der Waals surface area contributed by atoms with Crippen molar-refractivity contribution in [2.45, 2.75) is 19.5 Å². The molecule has 1 aromatic carbocycles. The van der Waals surface area contributed by atoms with Gasteiger partial charge in [0.15, 0.2) is 0 Å². The maximum atomic E-state index is 12.4. The van der Waals surface area contributed by atoms with E-state index < -0.39 is 12.1 Å². The number of nitrogens with zero attached hydrogens (tertiary/aromatic N) is 2. The first-order valence-electron chi connectivity index (χ1n) is 6.46. The van der Waals surface area contributed by atoms with E-state index in [1.807, 2.05) is 6.92 Å². The largest absolute Gasteiger partial charge is 0.471 e. The zero-order valence-corrected chi connectivity index (χ0v) is 12.8. The summed E-state index contributed by atoms with van der Waals surface area (Å²) in [6.45, 7) is 2.58. The predicted molar refractivity (Wildman–Crippen MR) is 77.7 cm³/mol. The van der Waals surface area contributed by atoms with Crippen LogP contribution in [-0.2, 0) is 6.18 Å². The summed E-state index contributed by atoms with van der Waals surface area (Å²) in [6, 6.07) is 5.81. The maximum absolute atomic E-state index is 12.4. The summed E-state index contributed by atoms with van der Waals surface area (Å²) in [6.07, 6.45) is -3.82. The number of nitrogens with one attached hydrogen (secondary N) is 2. The van der Waals surface area contributed by atoms with Gasteiger partial charge in [-0.3, -0.25) is 10.2 Å². The van der Waals surface area contributed by atoms with Crippen LogP contribution in [0.3, 0.4) is 0 Å². The van der Waals surface area contributed by atoms with Gasteiger partial charge in [0, 0.05) is 17.7 Å². The summed E-state index contributed by atoms with van der Waals surface area (Å²) in [4.78, 5) is 15.0. The number of rotatable bonds is 5. The van der Waals surface area contributed by atoms with E-state index >= 15 is 0 Å². The average Bonchev–Trinajstić information content (AvgIpc) is 2.97. The molecule has 0 fully saturated rings. The first-order valence-corrected chi connectivity index (χ1v) is 6.46. The fraction of sp³-hybridized carbons (Fsp3) is 0.308. The Hall–Kier alpha value is -2.13. The van der Waals surface area contributed by atoms with Crippen LogP contribution in [0.1, 0.15) is 29.6 Å². The molecular formula is C13H14ClF3N4O2. The molecule has 0 aliphatic rings. The third-order valence-electron chi connectivity index (χ3n) is 2.65. The first kappa shape index (κ1) is 18.9. The molecule has 0 unspecified atom stereocenters. The molecule has 0 saturated heterocycles. The Morgan fingerprint density at radius 1 is 1.26 bits per heavy atom. The number of benzene rings is 1. The van der Waals surface area contributed by atoms with Gasteiger partial charge in [-0.25, -0.2) is 5.43 Å². The molecule has 10 heteroatoms. The summed E-state index contributed by atoms with van der Waals surface area (Å²) in [7, 11) is 0. The lowest BCUT2D eigenvalue weighted by molar-refractivity contribution is -0.159. The molecular weight excluding hydrogens is 337 g/mol. The molecule has 0 atom stereocenters. The lowest BCUT2D eigenvalue weighted by atomic mass is 10.1. The van der Waals surface area contributed by atoms with Gasteiger partial charge >= 0.3 is 12.1 Å². The summed E-state index contributed by atoms with van der Waals surface area (Å²) < 4.78 is 41.3. The second-order valence-electron chi connectivity index (χ2n) is 4.38. The normalized spacial score (nSPS) is 11.0. The Balaban J connectivity index is 0.00000264. The number of hydrogen-bond acceptors (Lipinski definition) is 5. The minimum atomic E-state index is -4.68. The van der Waals surface area contributed by atoms with Gasteiger partial charge in [-0.05, 0) is 18.6 Å². The maximum Gasteiger partial charge on any atom is 0.471 e. The number of carbonyl (C=O) groups is 1. The van der Waals surface area contributed by atoms with Gasteiger partial charge in [0.05, 0.1) is 0 Å². The van der Waals surface area contributed by atoms with Crippen LogP contribution in [0.15, 0.2) is 28.8 Å². The Morgan fingerprint density at radius 2 is 1.91 bits per heavy atom. The lowest BCUT2D eigenvalue weighted by Crippen LogP contribution is -2.37. The van der Waals surface area contributed by atoms with Crippen LogP contribution in [0.25, 0.3) is 11.4 Å². The number of hydrazine groups is 1. The number of hydrogen-bond donors (Lipinski definition) is 2. The van der Waals surface area contributed by atoms with Crippen molar-refractivity contribution < 1.29 is 22.5 Å². The van der Waals surface area contributed by atoms with Crippen LogP contribution in [-0.4, -0.2) is 22.6 Å². The van der Waals surface area contributed by atoms with Gasteiger partial charge in [0.25, 0.3) is 5.91 Å². The Bertz CT molecular complexity index is 643. The fourth-order valence-corrected chi connectivity index (χ4v) is 1.57. The second kappa shape index (κ2) is 7.93. The highest BCUT2D eigenvalue weighted by Gasteiger charge is 2.38. The van der Waals surface area contributed by atoms with Gasteiger partial charge in [0.2, 0.25) is 5.82 Å². The lowest BCUT2D eigenvalue weighted by Gasteiger charge is -2.05. The standard InChI is InChI=1S/C13H13F3N4O2.ClH/c1-2-7-17-19-11(21)9-5-3-8(4-6-9)10-18-12(22-20-10)13(14,15)16;/h3-6,17H,2,7H2,1H3,(H,19,21);1H. The van der Waals surface area contributed by atoms with Gasteiger partial charge in [-0.15, -0.1) is 12.4 Å². The quantitative estimate of drug-likeness (QED) is 0.640. The topological polar surface area (TPSA) is 80.0 Å². The fourth-order valence-electron chi connectivity index (χ4n) is 1.57. The second-order valence-corrected chi connectivity index (χ2v) is 4.38. The van der Waals surface area contributed by atoms with Crippen LogP contribution in [0.5, 0.6) is 0 Å². The highest BCUT2D eigenvalue weighted by molar-refractivity contribution is 5.94. The minimum absolute atomic E-state index is 0. The van der Waals surface area contributed by atoms with Gasteiger partial charge in [-0.1, -0.05) is 24.2 Å². The van der Waals surface area contributed by atoms with E-state index in [0.717, 1.165) is 6.42 Å². The summed E-state index contributed by atoms with van der Waals surface area (Å²) in [5.74, 6) is -1.94. The molecule has 0 saturated carbocycles. The Morgan fingerprint density at radius 3 is 2.43 bits per heavy atom. The van der Waals surface area contributed by atoms with Gasteiger partial charge < -0.3 is 4.52 Å². The van der Waals surface area contributed by atoms with Crippen molar-refractivity contribution in [1.29, 1.82) is 0 Å². The van der Waals surface area contributed by atoms with Crippen molar-refractivity contribution in [2.75, 3.05) is 6.54 Å². The highest BCUT2D eigenvalue weighted by Crippen LogP contribution is 2.29. The molecule has 0 aliphatic heterocycles. The number of carbonyl (C=O) groups excluding carboxylic acids is 1. The van der Waals surface area contributed by atoms with Crippen LogP contribution >= 0.6 is 12.4 Å². The SMILES string of the molecule is CCCNNC(=O)c1ccc(-c2noc(C(F)(F)F)n2)cc1.Cl. The van der Waals surface area contributed by atoms with Crippen molar-refractivity contribution in [2.24, 2.45) is 0 Å². The molecule has 126 valence electrons. The van der Waals surface area contributed by atoms with Gasteiger partial charge in [-0.2, -0.15) is 18.2 Å². The molecule has 0 bridgehead atoms. The molecule has 2 aromatic rings. The van der Waals surface area contributed by atoms with E-state index in [1.165, 1.54) is 24.3 Å². The minimum Gasteiger partial charge on any atom is -0.329 e. The van der Waals surface area contributed by atoms with E-state index in [1.54, 1.807) is 0 Å². The Labute approximate surface area is 135 Å². The molecule has 1 heterocycles. The van der Waals surface area contributed by atoms with Crippen molar-refractivity contribution in [1.82, 2.24) is 21.0 Å². The predicted octanol–water partition coefficient (Wildman–Crippen LogP) is 2.82. The van der Waals surface area contributed by atoms with E-state index in [0.29, 0.717) is 17.7 Å². The zero-order valence-electron chi connectivity index (χ0n) is 12.0.